The van der Waals surface area contributed by atoms with E-state index in [0.717, 1.165) is 17.3 Å². The molecule has 3 heterocycles. The Hall–Kier alpha value is -3.01. The third-order valence-corrected chi connectivity index (χ3v) is 5.39. The number of hydrogen-bond acceptors (Lipinski definition) is 8. The molecule has 0 spiro atoms. The topological polar surface area (TPSA) is 90.6 Å². The van der Waals surface area contributed by atoms with Crippen molar-refractivity contribution in [2.24, 2.45) is 0 Å². The van der Waals surface area contributed by atoms with Gasteiger partial charge in [0.15, 0.2) is 0 Å². The molecular formula is C20H18BrFN4O4. The normalized spacial score (nSPS) is 14.6. The van der Waals surface area contributed by atoms with Crippen molar-refractivity contribution in [1.82, 2.24) is 15.1 Å². The van der Waals surface area contributed by atoms with Crippen molar-refractivity contribution >= 4 is 27.8 Å². The maximum absolute atomic E-state index is 13.5. The van der Waals surface area contributed by atoms with E-state index in [1.807, 2.05) is 4.90 Å². The Labute approximate surface area is 180 Å². The number of halogens is 2. The molecule has 0 amide bonds. The standard InChI is InChI=1S/C20H18BrFN4O4/c1-28-19(27)13-8-12(10-23-11-13)18-24-20(25-30-18)26-6-4-15(5-7-26)29-17-9-14(22)2-3-16(17)21/h2-3,8-11,15H,4-7H2,1H3. The highest BCUT2D eigenvalue weighted by molar-refractivity contribution is 9.10. The number of ether oxygens (including phenoxy) is 2. The van der Waals surface area contributed by atoms with Crippen molar-refractivity contribution in [3.05, 3.63) is 52.5 Å². The van der Waals surface area contributed by atoms with Crippen molar-refractivity contribution in [2.45, 2.75) is 18.9 Å². The van der Waals surface area contributed by atoms with Crippen LogP contribution in [0.25, 0.3) is 11.5 Å². The molecule has 1 aliphatic rings. The number of carbonyl (C=O) groups is 1. The lowest BCUT2D eigenvalue weighted by Crippen LogP contribution is -2.38. The smallest absolute Gasteiger partial charge is 0.339 e. The highest BCUT2D eigenvalue weighted by atomic mass is 79.9. The van der Waals surface area contributed by atoms with Gasteiger partial charge in [0.05, 0.1) is 22.7 Å². The highest BCUT2D eigenvalue weighted by Gasteiger charge is 2.25. The second kappa shape index (κ2) is 8.78. The Balaban J connectivity index is 1.40. The molecule has 1 aliphatic heterocycles. The molecule has 0 bridgehead atoms. The van der Waals surface area contributed by atoms with E-state index in [2.05, 4.69) is 31.1 Å². The van der Waals surface area contributed by atoms with Crippen LogP contribution in [0.1, 0.15) is 23.2 Å². The van der Waals surface area contributed by atoms with Gasteiger partial charge in [-0.25, -0.2) is 9.18 Å². The van der Waals surface area contributed by atoms with Crippen molar-refractivity contribution in [2.75, 3.05) is 25.1 Å². The van der Waals surface area contributed by atoms with Crippen LogP contribution in [0.2, 0.25) is 0 Å². The monoisotopic (exact) mass is 476 g/mol. The molecule has 0 unspecified atom stereocenters. The lowest BCUT2D eigenvalue weighted by atomic mass is 10.1. The molecule has 2 aromatic heterocycles. The third kappa shape index (κ3) is 4.43. The average Bonchev–Trinajstić information content (AvgIpc) is 3.27. The lowest BCUT2D eigenvalue weighted by Gasteiger charge is -2.31. The average molecular weight is 477 g/mol. The zero-order chi connectivity index (χ0) is 21.1. The first-order valence-electron chi connectivity index (χ1n) is 9.27. The second-order valence-corrected chi connectivity index (χ2v) is 7.59. The summed E-state index contributed by atoms with van der Waals surface area (Å²) in [5.41, 5.74) is 0.835. The minimum Gasteiger partial charge on any atom is -0.489 e. The maximum Gasteiger partial charge on any atom is 0.339 e. The van der Waals surface area contributed by atoms with Crippen LogP contribution in [0.4, 0.5) is 10.3 Å². The first-order valence-corrected chi connectivity index (χ1v) is 10.1. The Morgan fingerprint density at radius 3 is 2.83 bits per heavy atom. The Morgan fingerprint density at radius 2 is 2.07 bits per heavy atom. The molecule has 1 fully saturated rings. The Morgan fingerprint density at radius 1 is 1.27 bits per heavy atom. The van der Waals surface area contributed by atoms with E-state index in [1.54, 1.807) is 18.3 Å². The summed E-state index contributed by atoms with van der Waals surface area (Å²) in [7, 11) is 1.31. The van der Waals surface area contributed by atoms with Crippen molar-refractivity contribution in [3.8, 4) is 17.2 Å². The summed E-state index contributed by atoms with van der Waals surface area (Å²) >= 11 is 3.38. The van der Waals surface area contributed by atoms with E-state index in [4.69, 9.17) is 14.0 Å². The summed E-state index contributed by atoms with van der Waals surface area (Å²) in [4.78, 5) is 22.1. The van der Waals surface area contributed by atoms with Gasteiger partial charge in [0.25, 0.3) is 11.8 Å². The second-order valence-electron chi connectivity index (χ2n) is 6.73. The number of esters is 1. The van der Waals surface area contributed by atoms with E-state index >= 15 is 0 Å². The van der Waals surface area contributed by atoms with Crippen molar-refractivity contribution in [1.29, 1.82) is 0 Å². The highest BCUT2D eigenvalue weighted by Crippen LogP contribution is 2.29. The summed E-state index contributed by atoms with van der Waals surface area (Å²) in [6, 6.07) is 5.97. The molecule has 0 atom stereocenters. The summed E-state index contributed by atoms with van der Waals surface area (Å²) in [5, 5.41) is 4.04. The van der Waals surface area contributed by atoms with Crippen LogP contribution >= 0.6 is 15.9 Å². The number of benzene rings is 1. The molecule has 4 rings (SSSR count). The van der Waals surface area contributed by atoms with Gasteiger partial charge in [-0.3, -0.25) is 4.98 Å². The molecule has 30 heavy (non-hydrogen) atoms. The number of aromatic nitrogens is 3. The number of carbonyl (C=O) groups excluding carboxylic acids is 1. The zero-order valence-electron chi connectivity index (χ0n) is 16.0. The molecule has 0 saturated carbocycles. The van der Waals surface area contributed by atoms with Crippen LogP contribution in [0.3, 0.4) is 0 Å². The van der Waals surface area contributed by atoms with Gasteiger partial charge in [-0.1, -0.05) is 0 Å². The van der Waals surface area contributed by atoms with Gasteiger partial charge < -0.3 is 18.9 Å². The van der Waals surface area contributed by atoms with Gasteiger partial charge >= 0.3 is 5.97 Å². The number of pyridine rings is 1. The van der Waals surface area contributed by atoms with Crippen LogP contribution < -0.4 is 9.64 Å². The SMILES string of the molecule is COC(=O)c1cncc(-c2nc(N3CCC(Oc4cc(F)ccc4Br)CC3)no2)c1. The van der Waals surface area contributed by atoms with Crippen LogP contribution in [0.5, 0.6) is 5.75 Å². The van der Waals surface area contributed by atoms with Crippen LogP contribution in [0.15, 0.2) is 45.7 Å². The molecule has 10 heteroatoms. The molecule has 0 radical (unpaired) electrons. The Bertz CT molecular complexity index is 1050. The zero-order valence-corrected chi connectivity index (χ0v) is 17.6. The van der Waals surface area contributed by atoms with Crippen LogP contribution in [-0.2, 0) is 4.74 Å². The van der Waals surface area contributed by atoms with E-state index in [9.17, 15) is 9.18 Å². The molecule has 3 aromatic rings. The number of hydrogen-bond donors (Lipinski definition) is 0. The summed E-state index contributed by atoms with van der Waals surface area (Å²) in [5.74, 6) is 0.393. The molecule has 1 aromatic carbocycles. The number of anilines is 1. The summed E-state index contributed by atoms with van der Waals surface area (Å²) in [6.45, 7) is 1.33. The summed E-state index contributed by atoms with van der Waals surface area (Å²) < 4.78 is 30.2. The van der Waals surface area contributed by atoms with Gasteiger partial charge in [-0.05, 0) is 39.3 Å². The van der Waals surface area contributed by atoms with Crippen LogP contribution in [-0.4, -0.2) is 47.4 Å². The van der Waals surface area contributed by atoms with E-state index in [0.29, 0.717) is 35.9 Å². The van der Waals surface area contributed by atoms with Gasteiger partial charge in [0.1, 0.15) is 17.7 Å². The number of piperidine rings is 1. The van der Waals surface area contributed by atoms with E-state index < -0.39 is 5.97 Å². The Kier molecular flexibility index (Phi) is 5.93. The van der Waals surface area contributed by atoms with Crippen molar-refractivity contribution < 1.29 is 23.2 Å². The first-order chi connectivity index (χ1) is 14.5. The number of methoxy groups -OCH3 is 1. The fraction of sp³-hybridized carbons (Fsp3) is 0.300. The minimum absolute atomic E-state index is 0.0355. The van der Waals surface area contributed by atoms with Gasteiger partial charge in [-0.15, -0.1) is 0 Å². The molecule has 0 aliphatic carbocycles. The molecule has 156 valence electrons. The molecule has 0 N–H and O–H groups in total. The minimum atomic E-state index is -0.490. The molecule has 1 saturated heterocycles. The van der Waals surface area contributed by atoms with Gasteiger partial charge in [0.2, 0.25) is 0 Å². The molecular weight excluding hydrogens is 459 g/mol. The predicted molar refractivity (Wildman–Crippen MR) is 109 cm³/mol. The number of nitrogens with zero attached hydrogens (tertiary/aromatic N) is 4. The van der Waals surface area contributed by atoms with Crippen LogP contribution in [0, 0.1) is 5.82 Å². The molecule has 8 nitrogen and oxygen atoms in total. The summed E-state index contributed by atoms with van der Waals surface area (Å²) in [6.07, 6.45) is 4.37. The predicted octanol–water partition coefficient (Wildman–Crippen LogP) is 3.87. The van der Waals surface area contributed by atoms with E-state index in [1.165, 1.54) is 25.4 Å². The first kappa shape index (κ1) is 20.3. The maximum atomic E-state index is 13.5. The number of rotatable bonds is 5. The van der Waals surface area contributed by atoms with Gasteiger partial charge in [-0.2, -0.15) is 4.98 Å². The van der Waals surface area contributed by atoms with Gasteiger partial charge in [0, 0.05) is 44.4 Å². The lowest BCUT2D eigenvalue weighted by molar-refractivity contribution is 0.0600. The fourth-order valence-corrected chi connectivity index (χ4v) is 3.51. The fourth-order valence-electron chi connectivity index (χ4n) is 3.17. The largest absolute Gasteiger partial charge is 0.489 e. The van der Waals surface area contributed by atoms with E-state index in [-0.39, 0.29) is 17.8 Å². The third-order valence-electron chi connectivity index (χ3n) is 4.73. The van der Waals surface area contributed by atoms with Crippen molar-refractivity contribution in [3.63, 3.8) is 0 Å². The quantitative estimate of drug-likeness (QED) is 0.512.